The van der Waals surface area contributed by atoms with Gasteiger partial charge in [0.1, 0.15) is 11.0 Å². The van der Waals surface area contributed by atoms with Crippen LogP contribution in [0.15, 0.2) is 53.5 Å². The quantitative estimate of drug-likeness (QED) is 0.818. The van der Waals surface area contributed by atoms with Gasteiger partial charge in [0.25, 0.3) is 0 Å². The van der Waals surface area contributed by atoms with Crippen molar-refractivity contribution < 1.29 is 14.3 Å². The molecule has 6 nitrogen and oxygen atoms in total. The van der Waals surface area contributed by atoms with E-state index in [9.17, 15) is 9.59 Å². The molecule has 8 heteroatoms. The first-order chi connectivity index (χ1) is 12.5. The number of nitrogens with one attached hydrogen (secondary N) is 2. The molecule has 2 N–H and O–H groups in total. The third kappa shape index (κ3) is 4.56. The van der Waals surface area contributed by atoms with E-state index in [4.69, 9.17) is 16.3 Å². The second-order valence-electron chi connectivity index (χ2n) is 5.44. The monoisotopic (exact) mass is 389 g/mol. The van der Waals surface area contributed by atoms with E-state index in [1.54, 1.807) is 42.5 Å². The number of thioether (sulfide) groups is 1. The van der Waals surface area contributed by atoms with Crippen LogP contribution in [0.4, 0.5) is 11.4 Å². The fraction of sp³-hybridized carbons (Fsp3) is 0.167. The fourth-order valence-corrected chi connectivity index (χ4v) is 3.46. The molecular weight excluding hydrogens is 374 g/mol. The number of carbonyl (C=O) groups is 2. The Labute approximate surface area is 160 Å². The van der Waals surface area contributed by atoms with Crippen LogP contribution in [-0.4, -0.2) is 29.3 Å². The molecule has 1 aliphatic heterocycles. The maximum atomic E-state index is 12.3. The number of benzene rings is 2. The molecule has 0 bridgehead atoms. The average Bonchev–Trinajstić information content (AvgIpc) is 2.96. The summed E-state index contributed by atoms with van der Waals surface area (Å²) in [6.07, 6.45) is 0.0359. The summed E-state index contributed by atoms with van der Waals surface area (Å²) in [5, 5.41) is 6.01. The van der Waals surface area contributed by atoms with Crippen LogP contribution >= 0.6 is 23.4 Å². The van der Waals surface area contributed by atoms with Crippen LogP contribution in [0.25, 0.3) is 0 Å². The first-order valence-corrected chi connectivity index (χ1v) is 9.05. The largest absolute Gasteiger partial charge is 0.495 e. The fourth-order valence-electron chi connectivity index (χ4n) is 2.34. The average molecular weight is 390 g/mol. The molecule has 0 spiro atoms. The molecular formula is C18H16ClN3O3S. The highest BCUT2D eigenvalue weighted by Gasteiger charge is 2.32. The predicted octanol–water partition coefficient (Wildman–Crippen LogP) is 3.60. The van der Waals surface area contributed by atoms with Gasteiger partial charge in [0.15, 0.2) is 5.17 Å². The highest BCUT2D eigenvalue weighted by atomic mass is 35.5. The van der Waals surface area contributed by atoms with E-state index in [0.29, 0.717) is 27.3 Å². The van der Waals surface area contributed by atoms with E-state index in [0.717, 1.165) is 0 Å². The molecule has 2 aromatic rings. The molecule has 1 heterocycles. The number of methoxy groups -OCH3 is 1. The Morgan fingerprint density at radius 2 is 2.00 bits per heavy atom. The molecule has 1 atom stereocenters. The molecule has 0 saturated carbocycles. The van der Waals surface area contributed by atoms with Crippen molar-refractivity contribution >= 4 is 51.7 Å². The summed E-state index contributed by atoms with van der Waals surface area (Å²) < 4.78 is 5.20. The van der Waals surface area contributed by atoms with E-state index < -0.39 is 5.25 Å². The Kier molecular flexibility index (Phi) is 5.80. The summed E-state index contributed by atoms with van der Waals surface area (Å²) in [4.78, 5) is 28.7. The summed E-state index contributed by atoms with van der Waals surface area (Å²) >= 11 is 7.07. The van der Waals surface area contributed by atoms with E-state index in [2.05, 4.69) is 15.6 Å². The van der Waals surface area contributed by atoms with Crippen molar-refractivity contribution in [3.8, 4) is 5.75 Å². The molecule has 1 saturated heterocycles. The smallest absolute Gasteiger partial charge is 0.240 e. The number of nitrogens with zero attached hydrogens (tertiary/aromatic N) is 1. The minimum atomic E-state index is -0.532. The van der Waals surface area contributed by atoms with Crippen molar-refractivity contribution in [3.63, 3.8) is 0 Å². The van der Waals surface area contributed by atoms with E-state index in [-0.39, 0.29) is 18.2 Å². The minimum Gasteiger partial charge on any atom is -0.495 e. The minimum absolute atomic E-state index is 0.0359. The summed E-state index contributed by atoms with van der Waals surface area (Å²) in [6.45, 7) is 0. The molecule has 2 amide bonds. The normalized spacial score (nSPS) is 17.8. The van der Waals surface area contributed by atoms with E-state index in [1.165, 1.54) is 18.9 Å². The Bertz CT molecular complexity index is 855. The van der Waals surface area contributed by atoms with Crippen LogP contribution in [0.5, 0.6) is 5.75 Å². The standard InChI is InChI=1S/C18H16ClN3O3S/c1-25-14-5-3-2-4-13(14)21-16(23)10-15-17(24)22-18(26-15)20-12-8-6-11(19)7-9-12/h2-9,15H,10H2,1H3,(H,21,23)(H,20,22,24). The maximum Gasteiger partial charge on any atom is 0.240 e. The summed E-state index contributed by atoms with van der Waals surface area (Å²) in [7, 11) is 1.53. The van der Waals surface area contributed by atoms with Gasteiger partial charge in [-0.05, 0) is 36.4 Å². The van der Waals surface area contributed by atoms with Gasteiger partial charge in [-0.3, -0.25) is 9.59 Å². The van der Waals surface area contributed by atoms with Crippen LogP contribution in [0, 0.1) is 0 Å². The molecule has 134 valence electrons. The highest BCUT2D eigenvalue weighted by molar-refractivity contribution is 8.15. The van der Waals surface area contributed by atoms with E-state index in [1.807, 2.05) is 6.07 Å². The zero-order valence-corrected chi connectivity index (χ0v) is 15.4. The Morgan fingerprint density at radius 1 is 1.27 bits per heavy atom. The number of ether oxygens (including phenoxy) is 1. The number of amides is 2. The van der Waals surface area contributed by atoms with Crippen LogP contribution in [0.2, 0.25) is 5.02 Å². The molecule has 1 fully saturated rings. The molecule has 2 aromatic carbocycles. The van der Waals surface area contributed by atoms with Gasteiger partial charge in [0.05, 0.1) is 18.5 Å². The lowest BCUT2D eigenvalue weighted by molar-refractivity contribution is -0.122. The number of hydrogen-bond acceptors (Lipinski definition) is 5. The Balaban J connectivity index is 1.62. The van der Waals surface area contributed by atoms with Gasteiger partial charge in [-0.15, -0.1) is 0 Å². The van der Waals surface area contributed by atoms with Crippen molar-refractivity contribution in [2.45, 2.75) is 11.7 Å². The second-order valence-corrected chi connectivity index (χ2v) is 7.07. The maximum absolute atomic E-state index is 12.3. The molecule has 1 aliphatic rings. The van der Waals surface area contributed by atoms with Gasteiger partial charge < -0.3 is 15.4 Å². The number of amidine groups is 1. The van der Waals surface area contributed by atoms with Crippen LogP contribution in [0.1, 0.15) is 6.42 Å². The van der Waals surface area contributed by atoms with E-state index >= 15 is 0 Å². The molecule has 26 heavy (non-hydrogen) atoms. The molecule has 0 aliphatic carbocycles. The first kappa shape index (κ1) is 18.3. The van der Waals surface area contributed by atoms with Gasteiger partial charge in [0, 0.05) is 11.4 Å². The number of halogens is 1. The molecule has 3 rings (SSSR count). The summed E-state index contributed by atoms with van der Waals surface area (Å²) in [6, 6.07) is 14.1. The SMILES string of the molecule is COc1ccccc1NC(=O)CC1SC(=Nc2ccc(Cl)cc2)NC1=O. The number of rotatable bonds is 5. The van der Waals surface area contributed by atoms with Crippen LogP contribution in [0.3, 0.4) is 0 Å². The number of hydrogen-bond donors (Lipinski definition) is 2. The van der Waals surface area contributed by atoms with Gasteiger partial charge in [-0.25, -0.2) is 4.99 Å². The zero-order chi connectivity index (χ0) is 18.5. The van der Waals surface area contributed by atoms with Gasteiger partial charge in [-0.2, -0.15) is 0 Å². The van der Waals surface area contributed by atoms with Crippen molar-refractivity contribution in [1.29, 1.82) is 0 Å². The lowest BCUT2D eigenvalue weighted by Crippen LogP contribution is -2.28. The summed E-state index contributed by atoms with van der Waals surface area (Å²) in [5.41, 5.74) is 1.25. The number of aliphatic imine (C=N–C) groups is 1. The predicted molar refractivity (Wildman–Crippen MR) is 104 cm³/mol. The zero-order valence-electron chi connectivity index (χ0n) is 13.9. The Morgan fingerprint density at radius 3 is 2.73 bits per heavy atom. The lowest BCUT2D eigenvalue weighted by atomic mass is 10.2. The van der Waals surface area contributed by atoms with Gasteiger partial charge in [-0.1, -0.05) is 35.5 Å². The van der Waals surface area contributed by atoms with Gasteiger partial charge >= 0.3 is 0 Å². The number of anilines is 1. The van der Waals surface area contributed by atoms with Crippen LogP contribution in [-0.2, 0) is 9.59 Å². The Hall–Kier alpha value is -2.51. The third-order valence-electron chi connectivity index (χ3n) is 3.59. The number of para-hydroxylation sites is 2. The van der Waals surface area contributed by atoms with Crippen LogP contribution < -0.4 is 15.4 Å². The summed E-state index contributed by atoms with van der Waals surface area (Å²) in [5.74, 6) is 0.0575. The first-order valence-electron chi connectivity index (χ1n) is 7.80. The highest BCUT2D eigenvalue weighted by Crippen LogP contribution is 2.27. The second kappa shape index (κ2) is 8.25. The van der Waals surface area contributed by atoms with Crippen molar-refractivity contribution in [2.75, 3.05) is 12.4 Å². The lowest BCUT2D eigenvalue weighted by Gasteiger charge is -2.10. The van der Waals surface area contributed by atoms with Crippen molar-refractivity contribution in [3.05, 3.63) is 53.6 Å². The molecule has 0 radical (unpaired) electrons. The van der Waals surface area contributed by atoms with Gasteiger partial charge in [0.2, 0.25) is 11.8 Å². The topological polar surface area (TPSA) is 79.8 Å². The van der Waals surface area contributed by atoms with Crippen molar-refractivity contribution in [1.82, 2.24) is 5.32 Å². The molecule has 1 unspecified atom stereocenters. The number of carbonyl (C=O) groups excluding carboxylic acids is 2. The third-order valence-corrected chi connectivity index (χ3v) is 4.92. The van der Waals surface area contributed by atoms with Crippen molar-refractivity contribution in [2.24, 2.45) is 4.99 Å². The molecule has 0 aromatic heterocycles.